The molecular formula is C21H23N6O8P. The maximum atomic E-state index is 13.3. The van der Waals surface area contributed by atoms with Crippen LogP contribution >= 0.6 is 7.75 Å². The van der Waals surface area contributed by atoms with E-state index in [2.05, 4.69) is 10.1 Å². The Labute approximate surface area is 204 Å². The Morgan fingerprint density at radius 1 is 1.33 bits per heavy atom. The van der Waals surface area contributed by atoms with E-state index in [4.69, 9.17) is 24.4 Å². The molecule has 1 aliphatic rings. The van der Waals surface area contributed by atoms with Crippen molar-refractivity contribution < 1.29 is 38.2 Å². The van der Waals surface area contributed by atoms with Gasteiger partial charge in [-0.1, -0.05) is 25.1 Å². The molecule has 0 radical (unpaired) electrons. The van der Waals surface area contributed by atoms with Crippen molar-refractivity contribution in [2.24, 2.45) is 0 Å². The first kappa shape index (κ1) is 25.5. The second-order valence-corrected chi connectivity index (χ2v) is 9.33. The molecule has 1 saturated heterocycles. The summed E-state index contributed by atoms with van der Waals surface area (Å²) in [6.45, 7) is 0.909. The van der Waals surface area contributed by atoms with Gasteiger partial charge in [-0.15, -0.1) is 0 Å². The van der Waals surface area contributed by atoms with Crippen molar-refractivity contribution in [2.75, 3.05) is 12.3 Å². The van der Waals surface area contributed by atoms with Crippen LogP contribution in [0, 0.1) is 11.3 Å². The summed E-state index contributed by atoms with van der Waals surface area (Å²) in [5, 5.41) is 37.6. The van der Waals surface area contributed by atoms with Crippen LogP contribution in [0.15, 0.2) is 48.8 Å². The van der Waals surface area contributed by atoms with Gasteiger partial charge < -0.3 is 30.0 Å². The van der Waals surface area contributed by atoms with Crippen molar-refractivity contribution in [1.29, 1.82) is 5.26 Å². The van der Waals surface area contributed by atoms with E-state index in [-0.39, 0.29) is 23.7 Å². The number of nitrogens with zero attached hydrogens (tertiary/aromatic N) is 4. The maximum absolute atomic E-state index is 13.3. The van der Waals surface area contributed by atoms with Crippen LogP contribution in [-0.4, -0.2) is 55.7 Å². The molecule has 190 valence electrons. The maximum Gasteiger partial charge on any atom is 0.491 e. The average molecular weight is 518 g/mol. The number of fused-ring (bicyclic) bond motifs is 1. The minimum Gasteiger partial charge on any atom is -0.411 e. The van der Waals surface area contributed by atoms with E-state index in [1.54, 1.807) is 18.2 Å². The lowest BCUT2D eigenvalue weighted by Crippen LogP contribution is -2.41. The molecule has 3 aromatic rings. The molecule has 1 fully saturated rings. The third-order valence-electron chi connectivity index (χ3n) is 5.42. The summed E-state index contributed by atoms with van der Waals surface area (Å²) in [5.41, 5.74) is 4.21. The highest BCUT2D eigenvalue weighted by molar-refractivity contribution is 7.51. The summed E-state index contributed by atoms with van der Waals surface area (Å²) in [6, 6.07) is 12.8. The number of benzene rings is 1. The second kappa shape index (κ2) is 10.2. The minimum atomic E-state index is -4.35. The van der Waals surface area contributed by atoms with Crippen LogP contribution in [0.25, 0.3) is 5.52 Å². The van der Waals surface area contributed by atoms with Gasteiger partial charge in [0.25, 0.3) is 0 Å². The number of hydrogen-bond donors (Lipinski definition) is 4. The lowest BCUT2D eigenvalue weighted by Gasteiger charge is -2.24. The van der Waals surface area contributed by atoms with Crippen LogP contribution in [0.2, 0.25) is 0 Å². The number of para-hydroxylation sites is 1. The number of nitriles is 1. The molecule has 0 aliphatic carbocycles. The highest BCUT2D eigenvalue weighted by Crippen LogP contribution is 2.46. The molecule has 1 aromatic carbocycles. The van der Waals surface area contributed by atoms with Crippen LogP contribution in [-0.2, 0) is 29.1 Å². The Balaban J connectivity index is 1.57. The van der Waals surface area contributed by atoms with Crippen molar-refractivity contribution in [1.82, 2.24) is 19.8 Å². The van der Waals surface area contributed by atoms with Crippen LogP contribution in [0.3, 0.4) is 0 Å². The summed E-state index contributed by atoms with van der Waals surface area (Å²) in [6.07, 6.45) is -3.58. The van der Waals surface area contributed by atoms with E-state index < -0.39 is 44.2 Å². The van der Waals surface area contributed by atoms with Crippen LogP contribution in [0.4, 0.5) is 5.82 Å². The molecular weight excluding hydrogens is 495 g/mol. The molecule has 14 nitrogen and oxygen atoms in total. The van der Waals surface area contributed by atoms with E-state index in [0.29, 0.717) is 5.52 Å². The Morgan fingerprint density at radius 3 is 2.78 bits per heavy atom. The van der Waals surface area contributed by atoms with E-state index in [0.717, 1.165) is 6.33 Å². The number of carbonyl (C=O) groups excluding carboxylic acids is 1. The van der Waals surface area contributed by atoms with E-state index in [9.17, 15) is 24.8 Å². The van der Waals surface area contributed by atoms with Crippen LogP contribution in [0.5, 0.6) is 5.75 Å². The Morgan fingerprint density at radius 2 is 2.08 bits per heavy atom. The zero-order valence-electron chi connectivity index (χ0n) is 18.9. The molecule has 0 spiro atoms. The number of aliphatic hydroxyl groups excluding tert-OH is 2. The fraction of sp³-hybridized carbons (Fsp3) is 0.333. The zero-order valence-corrected chi connectivity index (χ0v) is 19.8. The monoisotopic (exact) mass is 518 g/mol. The van der Waals surface area contributed by atoms with Crippen LogP contribution in [0.1, 0.15) is 19.0 Å². The summed E-state index contributed by atoms with van der Waals surface area (Å²) in [4.78, 5) is 20.2. The molecule has 5 N–H and O–H groups in total. The fourth-order valence-electron chi connectivity index (χ4n) is 3.59. The first-order valence-corrected chi connectivity index (χ1v) is 12.3. The standard InChI is InChI=1S/C21H23N6O8P/c1-2-17(28)34-26-36(31,35-13-6-4-3-5-7-13)32-10-15-18(29)19(30)21(11-22,33-15)16-9-8-14-20(23)24-12-25-27(14)16/h3-9,12,15,18-19,29-30H,2,10H2,1H3,(H,26,31)(H2,23,24,25)/t15-,18-,19-,21+,36-/m1/s1. The highest BCUT2D eigenvalue weighted by atomic mass is 31.2. The second-order valence-electron chi connectivity index (χ2n) is 7.72. The molecule has 0 saturated carbocycles. The quantitative estimate of drug-likeness (QED) is 0.229. The lowest BCUT2D eigenvalue weighted by atomic mass is 9.92. The van der Waals surface area contributed by atoms with Gasteiger partial charge >= 0.3 is 13.7 Å². The SMILES string of the molecule is CCC(=O)ON[P@@](=O)(OC[C@H]1O[C@@](C#N)(c2ccc3c(N)ncnn23)[C@H](O)[C@@H]1O)Oc1ccccc1. The number of nitrogens with one attached hydrogen (secondary N) is 1. The molecule has 5 atom stereocenters. The van der Waals surface area contributed by atoms with Crippen molar-refractivity contribution in [2.45, 2.75) is 37.3 Å². The summed E-state index contributed by atoms with van der Waals surface area (Å²) < 4.78 is 31.1. The zero-order chi connectivity index (χ0) is 25.9. The van der Waals surface area contributed by atoms with Crippen molar-refractivity contribution in [3.8, 4) is 11.8 Å². The first-order chi connectivity index (χ1) is 17.2. The minimum absolute atomic E-state index is 0.0149. The van der Waals surface area contributed by atoms with Gasteiger partial charge in [0.05, 0.1) is 12.3 Å². The van der Waals surface area contributed by atoms with E-state index in [1.165, 1.54) is 35.7 Å². The molecule has 0 unspecified atom stereocenters. The number of anilines is 1. The number of carbonyl (C=O) groups is 1. The van der Waals surface area contributed by atoms with Crippen molar-refractivity contribution in [3.05, 3.63) is 54.5 Å². The molecule has 15 heteroatoms. The molecule has 4 rings (SSSR count). The third kappa shape index (κ3) is 4.76. The predicted octanol–water partition coefficient (Wildman–Crippen LogP) is 0.812. The number of nitrogen functional groups attached to an aromatic ring is 1. The number of hydrogen-bond acceptors (Lipinski definition) is 12. The Kier molecular flexibility index (Phi) is 7.23. The van der Waals surface area contributed by atoms with Crippen molar-refractivity contribution in [3.63, 3.8) is 0 Å². The molecule has 0 amide bonds. The van der Waals surface area contributed by atoms with Gasteiger partial charge in [-0.25, -0.2) is 14.1 Å². The summed E-state index contributed by atoms with van der Waals surface area (Å²) in [7, 11) is -4.35. The Bertz CT molecular complexity index is 1330. The number of aliphatic hydroxyl groups is 2. The van der Waals surface area contributed by atoms with Gasteiger partial charge in [0.15, 0.2) is 5.82 Å². The van der Waals surface area contributed by atoms with E-state index >= 15 is 0 Å². The molecule has 2 aromatic heterocycles. The largest absolute Gasteiger partial charge is 0.491 e. The van der Waals surface area contributed by atoms with Gasteiger partial charge in [-0.3, -0.25) is 9.32 Å². The predicted molar refractivity (Wildman–Crippen MR) is 122 cm³/mol. The van der Waals surface area contributed by atoms with E-state index in [1.807, 2.05) is 11.3 Å². The van der Waals surface area contributed by atoms with Gasteiger partial charge in [-0.2, -0.15) is 10.4 Å². The van der Waals surface area contributed by atoms with Gasteiger partial charge in [0.2, 0.25) is 5.60 Å². The normalized spacial score (nSPS) is 25.2. The molecule has 3 heterocycles. The third-order valence-corrected chi connectivity index (χ3v) is 6.68. The van der Waals surface area contributed by atoms with Crippen LogP contribution < -0.4 is 15.5 Å². The highest BCUT2D eigenvalue weighted by Gasteiger charge is 2.58. The molecule has 0 bridgehead atoms. The topological polar surface area (TPSA) is 204 Å². The number of rotatable bonds is 9. The summed E-state index contributed by atoms with van der Waals surface area (Å²) >= 11 is 0. The Hall–Kier alpha value is -3.57. The van der Waals surface area contributed by atoms with Gasteiger partial charge in [0.1, 0.15) is 42.0 Å². The lowest BCUT2D eigenvalue weighted by molar-refractivity contribution is -0.147. The smallest absolute Gasteiger partial charge is 0.411 e. The molecule has 36 heavy (non-hydrogen) atoms. The summed E-state index contributed by atoms with van der Waals surface area (Å²) in [5.74, 6) is -0.464. The first-order valence-electron chi connectivity index (χ1n) is 10.7. The van der Waals surface area contributed by atoms with Gasteiger partial charge in [0, 0.05) is 6.42 Å². The fourth-order valence-corrected chi connectivity index (χ4v) is 4.69. The number of ether oxygens (including phenoxy) is 1. The molecule has 1 aliphatic heterocycles. The van der Waals surface area contributed by atoms with Crippen molar-refractivity contribution >= 4 is 25.1 Å². The van der Waals surface area contributed by atoms with Gasteiger partial charge in [-0.05, 0) is 29.5 Å². The number of aromatic nitrogens is 3. The average Bonchev–Trinajstić information content (AvgIpc) is 3.43. The number of nitrogens with two attached hydrogens (primary N) is 1.